The molecular formula is C18H23N3O2. The molecule has 0 aliphatic heterocycles. The standard InChI is InChI=1S/C18H23N3O2/c1-12-5-8-14(9-6-12)16(11-19)21(20)15-10-7-13(2)17(22-3)18(15)23-4/h5-11H,19-20H2,1-4H3/b16-11-. The van der Waals surface area contributed by atoms with Crippen LogP contribution in [0.25, 0.3) is 5.70 Å². The smallest absolute Gasteiger partial charge is 0.186 e. The third-order valence-electron chi connectivity index (χ3n) is 3.72. The van der Waals surface area contributed by atoms with E-state index in [0.29, 0.717) is 22.9 Å². The first-order chi connectivity index (χ1) is 11.0. The van der Waals surface area contributed by atoms with Gasteiger partial charge in [0.2, 0.25) is 0 Å². The number of benzene rings is 2. The van der Waals surface area contributed by atoms with Crippen LogP contribution in [-0.2, 0) is 0 Å². The number of rotatable bonds is 5. The summed E-state index contributed by atoms with van der Waals surface area (Å²) in [6.45, 7) is 3.98. The van der Waals surface area contributed by atoms with E-state index in [1.807, 2.05) is 50.2 Å². The van der Waals surface area contributed by atoms with Crippen molar-refractivity contribution in [3.05, 3.63) is 59.3 Å². The van der Waals surface area contributed by atoms with Crippen molar-refractivity contribution in [2.75, 3.05) is 19.2 Å². The second-order valence-corrected chi connectivity index (χ2v) is 5.26. The Balaban J connectivity index is 2.50. The van der Waals surface area contributed by atoms with Crippen molar-refractivity contribution < 1.29 is 9.47 Å². The van der Waals surface area contributed by atoms with E-state index < -0.39 is 0 Å². The molecule has 0 saturated heterocycles. The summed E-state index contributed by atoms with van der Waals surface area (Å²) in [6, 6.07) is 11.8. The predicted octanol–water partition coefficient (Wildman–Crippen LogP) is 2.96. The Morgan fingerprint density at radius 3 is 2.09 bits per heavy atom. The van der Waals surface area contributed by atoms with Crippen LogP contribution >= 0.6 is 0 Å². The zero-order valence-corrected chi connectivity index (χ0v) is 14.0. The van der Waals surface area contributed by atoms with Gasteiger partial charge in [-0.1, -0.05) is 35.9 Å². The third kappa shape index (κ3) is 3.24. The average Bonchev–Trinajstić information content (AvgIpc) is 2.56. The van der Waals surface area contributed by atoms with Crippen molar-refractivity contribution in [1.82, 2.24) is 0 Å². The number of aryl methyl sites for hydroxylation is 2. The predicted molar refractivity (Wildman–Crippen MR) is 94.3 cm³/mol. The Bertz CT molecular complexity index is 709. The lowest BCUT2D eigenvalue weighted by molar-refractivity contribution is 0.353. The van der Waals surface area contributed by atoms with Crippen LogP contribution in [0.2, 0.25) is 0 Å². The third-order valence-corrected chi connectivity index (χ3v) is 3.72. The van der Waals surface area contributed by atoms with E-state index in [-0.39, 0.29) is 0 Å². The molecule has 0 saturated carbocycles. The van der Waals surface area contributed by atoms with Gasteiger partial charge in [-0.3, -0.25) is 5.01 Å². The van der Waals surface area contributed by atoms with Gasteiger partial charge >= 0.3 is 0 Å². The van der Waals surface area contributed by atoms with Gasteiger partial charge in [0.15, 0.2) is 11.5 Å². The van der Waals surface area contributed by atoms with E-state index in [1.165, 1.54) is 16.8 Å². The average molecular weight is 313 g/mol. The normalized spacial score (nSPS) is 11.3. The van der Waals surface area contributed by atoms with Crippen molar-refractivity contribution in [1.29, 1.82) is 0 Å². The summed E-state index contributed by atoms with van der Waals surface area (Å²) in [5.41, 5.74) is 10.2. The van der Waals surface area contributed by atoms with Gasteiger partial charge in [-0.05, 0) is 25.5 Å². The molecule has 2 aromatic rings. The fourth-order valence-corrected chi connectivity index (χ4v) is 2.46. The summed E-state index contributed by atoms with van der Waals surface area (Å²) >= 11 is 0. The minimum absolute atomic E-state index is 0.571. The number of anilines is 1. The van der Waals surface area contributed by atoms with E-state index >= 15 is 0 Å². The van der Waals surface area contributed by atoms with Crippen LogP contribution in [0.3, 0.4) is 0 Å². The van der Waals surface area contributed by atoms with Crippen molar-refractivity contribution >= 4 is 11.4 Å². The van der Waals surface area contributed by atoms with E-state index in [1.54, 1.807) is 14.2 Å². The number of methoxy groups -OCH3 is 2. The summed E-state index contributed by atoms with van der Waals surface area (Å²) in [5.74, 6) is 7.54. The van der Waals surface area contributed by atoms with Gasteiger partial charge in [0.25, 0.3) is 0 Å². The number of nitrogens with two attached hydrogens (primary N) is 2. The number of hydrogen-bond acceptors (Lipinski definition) is 5. The Kier molecular flexibility index (Phi) is 5.13. The number of hydrazine groups is 1. The highest BCUT2D eigenvalue weighted by Gasteiger charge is 2.19. The molecule has 4 N–H and O–H groups in total. The Labute approximate surface area is 137 Å². The van der Waals surface area contributed by atoms with Crippen LogP contribution in [0.4, 0.5) is 5.69 Å². The fraction of sp³-hybridized carbons (Fsp3) is 0.222. The second kappa shape index (κ2) is 7.07. The second-order valence-electron chi connectivity index (χ2n) is 5.26. The Hall–Kier alpha value is -2.66. The molecule has 0 heterocycles. The maximum Gasteiger partial charge on any atom is 0.186 e. The number of nitrogens with zero attached hydrogens (tertiary/aromatic N) is 1. The van der Waals surface area contributed by atoms with Crippen molar-refractivity contribution in [2.24, 2.45) is 11.6 Å². The van der Waals surface area contributed by atoms with Gasteiger partial charge in [0, 0.05) is 11.8 Å². The van der Waals surface area contributed by atoms with Gasteiger partial charge < -0.3 is 15.2 Å². The van der Waals surface area contributed by atoms with Crippen LogP contribution < -0.4 is 26.1 Å². The van der Waals surface area contributed by atoms with Crippen LogP contribution in [0.5, 0.6) is 11.5 Å². The van der Waals surface area contributed by atoms with Gasteiger partial charge in [0.05, 0.1) is 19.9 Å². The maximum atomic E-state index is 6.32. The summed E-state index contributed by atoms with van der Waals surface area (Å²) < 4.78 is 10.9. The molecule has 0 spiro atoms. The highest BCUT2D eigenvalue weighted by atomic mass is 16.5. The fourth-order valence-electron chi connectivity index (χ4n) is 2.46. The van der Waals surface area contributed by atoms with Crippen LogP contribution in [-0.4, -0.2) is 14.2 Å². The molecule has 2 aromatic carbocycles. The molecule has 5 nitrogen and oxygen atoms in total. The maximum absolute atomic E-state index is 6.32. The van der Waals surface area contributed by atoms with E-state index in [2.05, 4.69) is 0 Å². The van der Waals surface area contributed by atoms with Gasteiger partial charge in [-0.15, -0.1) is 0 Å². The van der Waals surface area contributed by atoms with Crippen LogP contribution in [0.15, 0.2) is 42.6 Å². The van der Waals surface area contributed by atoms with E-state index in [4.69, 9.17) is 21.1 Å². The molecule has 23 heavy (non-hydrogen) atoms. The van der Waals surface area contributed by atoms with Crippen LogP contribution in [0.1, 0.15) is 16.7 Å². The van der Waals surface area contributed by atoms with Crippen LogP contribution in [0, 0.1) is 13.8 Å². The zero-order chi connectivity index (χ0) is 17.0. The summed E-state index contributed by atoms with van der Waals surface area (Å²) in [6.07, 6.45) is 1.48. The monoisotopic (exact) mass is 313 g/mol. The van der Waals surface area contributed by atoms with E-state index in [0.717, 1.165) is 11.1 Å². The SMILES string of the molecule is COc1c(C)ccc(N(N)/C(=C\N)c2ccc(C)cc2)c1OC. The van der Waals surface area contributed by atoms with Gasteiger partial charge in [-0.2, -0.15) is 0 Å². The highest BCUT2D eigenvalue weighted by Crippen LogP contribution is 2.41. The minimum atomic E-state index is 0.571. The molecule has 122 valence electrons. The van der Waals surface area contributed by atoms with Crippen molar-refractivity contribution in [2.45, 2.75) is 13.8 Å². The quantitative estimate of drug-likeness (QED) is 0.656. The molecule has 0 atom stereocenters. The highest BCUT2D eigenvalue weighted by molar-refractivity contribution is 5.82. The molecule has 0 radical (unpaired) electrons. The first-order valence-corrected chi connectivity index (χ1v) is 7.28. The molecule has 0 bridgehead atoms. The summed E-state index contributed by atoms with van der Waals surface area (Å²) in [4.78, 5) is 0. The van der Waals surface area contributed by atoms with Crippen molar-refractivity contribution in [3.8, 4) is 11.5 Å². The molecule has 0 aromatic heterocycles. The minimum Gasteiger partial charge on any atom is -0.493 e. The van der Waals surface area contributed by atoms with Gasteiger partial charge in [-0.25, -0.2) is 5.84 Å². The first kappa shape index (κ1) is 16.7. The molecule has 0 amide bonds. The molecule has 0 aliphatic carbocycles. The Morgan fingerprint density at radius 1 is 0.957 bits per heavy atom. The van der Waals surface area contributed by atoms with Gasteiger partial charge in [0.1, 0.15) is 5.69 Å². The van der Waals surface area contributed by atoms with Crippen molar-refractivity contribution in [3.63, 3.8) is 0 Å². The summed E-state index contributed by atoms with van der Waals surface area (Å²) in [5, 5.41) is 1.51. The topological polar surface area (TPSA) is 73.7 Å². The zero-order valence-electron chi connectivity index (χ0n) is 14.0. The number of ether oxygens (including phenoxy) is 2. The Morgan fingerprint density at radius 2 is 1.57 bits per heavy atom. The molecule has 5 heteroatoms. The first-order valence-electron chi connectivity index (χ1n) is 7.28. The van der Waals surface area contributed by atoms with E-state index in [9.17, 15) is 0 Å². The lowest BCUT2D eigenvalue weighted by Crippen LogP contribution is -2.30. The molecule has 2 rings (SSSR count). The molecule has 0 unspecified atom stereocenters. The molecular weight excluding hydrogens is 290 g/mol. The number of hydrogen-bond donors (Lipinski definition) is 2. The summed E-state index contributed by atoms with van der Waals surface area (Å²) in [7, 11) is 3.20. The molecule has 0 aliphatic rings. The lowest BCUT2D eigenvalue weighted by atomic mass is 10.1. The molecule has 0 fully saturated rings. The lowest BCUT2D eigenvalue weighted by Gasteiger charge is -2.25. The largest absolute Gasteiger partial charge is 0.493 e.